The number of fused-ring (bicyclic) bond motifs is 1. The quantitative estimate of drug-likeness (QED) is 0.449. The van der Waals surface area contributed by atoms with Crippen LogP contribution in [0.5, 0.6) is 0 Å². The third kappa shape index (κ3) is 4.19. The van der Waals surface area contributed by atoms with Crippen LogP contribution in [0.25, 0.3) is 11.2 Å². The lowest BCUT2D eigenvalue weighted by Crippen LogP contribution is -2.25. The van der Waals surface area contributed by atoms with Crippen molar-refractivity contribution in [1.82, 2.24) is 24.9 Å². The van der Waals surface area contributed by atoms with Crippen LogP contribution >= 0.6 is 0 Å². The van der Waals surface area contributed by atoms with Crippen molar-refractivity contribution in [1.29, 1.82) is 0 Å². The Labute approximate surface area is 155 Å². The average molecular weight is 352 g/mol. The van der Waals surface area contributed by atoms with Crippen LogP contribution in [0.1, 0.15) is 50.5 Å². The molecule has 0 aliphatic heterocycles. The molecule has 0 saturated heterocycles. The van der Waals surface area contributed by atoms with Crippen molar-refractivity contribution in [2.24, 2.45) is 0 Å². The Hall–Kier alpha value is -2.47. The molecule has 0 radical (unpaired) electrons. The molecule has 2 N–H and O–H groups in total. The summed E-state index contributed by atoms with van der Waals surface area (Å²) in [6.45, 7) is 7.16. The molecule has 0 saturated carbocycles. The van der Waals surface area contributed by atoms with Gasteiger partial charge in [0.1, 0.15) is 5.82 Å². The maximum atomic E-state index is 4.64. The van der Waals surface area contributed by atoms with Gasteiger partial charge < -0.3 is 9.99 Å². The van der Waals surface area contributed by atoms with Crippen LogP contribution in [-0.4, -0.2) is 26.1 Å². The number of nitrogens with one attached hydrogen (secondary N) is 2. The molecule has 0 aliphatic carbocycles. The van der Waals surface area contributed by atoms with Gasteiger partial charge in [-0.25, -0.2) is 20.4 Å². The van der Waals surface area contributed by atoms with Crippen molar-refractivity contribution in [3.05, 3.63) is 48.0 Å². The second kappa shape index (κ2) is 8.76. The van der Waals surface area contributed by atoms with Crippen molar-refractivity contribution in [2.45, 2.75) is 52.5 Å². The standard InChI is InChI=1S/C20H28N6/c1-4-9-17(5-2)26-14-21-18-19(23-15(3)24-20(18)26)25-22-13-12-16-10-7-6-8-11-16/h6-8,10-11,14,17,22H,4-5,9,12-13H2,1-3H3,(H,23,24,25). The first-order chi connectivity index (χ1) is 12.7. The SMILES string of the molecule is CCCC(CC)n1cnc2c(NNCCc3ccccc3)nc(C)nc21. The Morgan fingerprint density at radius 2 is 1.92 bits per heavy atom. The average Bonchev–Trinajstić information content (AvgIpc) is 3.07. The number of aryl methyl sites for hydroxylation is 1. The fourth-order valence-electron chi connectivity index (χ4n) is 3.25. The minimum absolute atomic E-state index is 0.429. The third-order valence-electron chi connectivity index (χ3n) is 4.61. The number of rotatable bonds is 9. The molecule has 26 heavy (non-hydrogen) atoms. The Bertz CT molecular complexity index is 827. The van der Waals surface area contributed by atoms with E-state index < -0.39 is 0 Å². The van der Waals surface area contributed by atoms with Crippen molar-refractivity contribution in [3.63, 3.8) is 0 Å². The van der Waals surface area contributed by atoms with Crippen LogP contribution in [0.3, 0.4) is 0 Å². The van der Waals surface area contributed by atoms with Gasteiger partial charge in [-0.2, -0.15) is 0 Å². The van der Waals surface area contributed by atoms with Gasteiger partial charge in [-0.15, -0.1) is 0 Å². The van der Waals surface area contributed by atoms with Crippen molar-refractivity contribution < 1.29 is 0 Å². The number of hydrogen-bond donors (Lipinski definition) is 2. The number of hydrazine groups is 1. The fraction of sp³-hybridized carbons (Fsp3) is 0.450. The Balaban J connectivity index is 1.73. The van der Waals surface area contributed by atoms with Crippen molar-refractivity contribution >= 4 is 17.0 Å². The highest BCUT2D eigenvalue weighted by Gasteiger charge is 2.16. The fourth-order valence-corrected chi connectivity index (χ4v) is 3.25. The lowest BCUT2D eigenvalue weighted by atomic mass is 10.1. The van der Waals surface area contributed by atoms with Gasteiger partial charge in [0.2, 0.25) is 0 Å². The highest BCUT2D eigenvalue weighted by Crippen LogP contribution is 2.25. The van der Waals surface area contributed by atoms with Gasteiger partial charge in [-0.1, -0.05) is 50.6 Å². The minimum Gasteiger partial charge on any atom is -0.312 e. The zero-order valence-corrected chi connectivity index (χ0v) is 15.9. The predicted octanol–water partition coefficient (Wildman–Crippen LogP) is 4.05. The van der Waals surface area contributed by atoms with Gasteiger partial charge in [-0.3, -0.25) is 0 Å². The second-order valence-electron chi connectivity index (χ2n) is 6.58. The first kappa shape index (κ1) is 18.3. The molecule has 3 aromatic rings. The van der Waals surface area contributed by atoms with Gasteiger partial charge in [0, 0.05) is 12.6 Å². The van der Waals surface area contributed by atoms with Gasteiger partial charge in [-0.05, 0) is 31.7 Å². The van der Waals surface area contributed by atoms with Crippen LogP contribution in [0.15, 0.2) is 36.7 Å². The lowest BCUT2D eigenvalue weighted by Gasteiger charge is -2.16. The highest BCUT2D eigenvalue weighted by molar-refractivity contribution is 5.82. The molecule has 2 aromatic heterocycles. The summed E-state index contributed by atoms with van der Waals surface area (Å²) in [4.78, 5) is 13.8. The maximum Gasteiger partial charge on any atom is 0.172 e. The molecule has 3 rings (SSSR count). The van der Waals surface area contributed by atoms with Crippen LogP contribution < -0.4 is 10.9 Å². The molecule has 1 aromatic carbocycles. The zero-order chi connectivity index (χ0) is 18.4. The molecular formula is C20H28N6. The van der Waals surface area contributed by atoms with Gasteiger partial charge >= 0.3 is 0 Å². The number of aromatic nitrogens is 4. The molecule has 138 valence electrons. The van der Waals surface area contributed by atoms with E-state index in [0.29, 0.717) is 6.04 Å². The normalized spacial score (nSPS) is 12.4. The van der Waals surface area contributed by atoms with Gasteiger partial charge in [0.15, 0.2) is 17.0 Å². The molecule has 0 amide bonds. The summed E-state index contributed by atoms with van der Waals surface area (Å²) < 4.78 is 2.20. The maximum absolute atomic E-state index is 4.64. The molecule has 6 heteroatoms. The summed E-state index contributed by atoms with van der Waals surface area (Å²) in [5.74, 6) is 1.49. The third-order valence-corrected chi connectivity index (χ3v) is 4.61. The first-order valence-corrected chi connectivity index (χ1v) is 9.46. The van der Waals surface area contributed by atoms with E-state index in [0.717, 1.165) is 55.0 Å². The molecule has 1 atom stereocenters. The van der Waals surface area contributed by atoms with Crippen LogP contribution in [0.2, 0.25) is 0 Å². The van der Waals surface area contributed by atoms with Crippen molar-refractivity contribution in [2.75, 3.05) is 12.0 Å². The molecule has 0 spiro atoms. The molecular weight excluding hydrogens is 324 g/mol. The van der Waals surface area contributed by atoms with E-state index in [4.69, 9.17) is 0 Å². The smallest absolute Gasteiger partial charge is 0.172 e. The highest BCUT2D eigenvalue weighted by atomic mass is 15.4. The molecule has 1 unspecified atom stereocenters. The molecule has 0 aliphatic rings. The van der Waals surface area contributed by atoms with Crippen LogP contribution in [-0.2, 0) is 6.42 Å². The van der Waals surface area contributed by atoms with Crippen molar-refractivity contribution in [3.8, 4) is 0 Å². The summed E-state index contributed by atoms with van der Waals surface area (Å²) in [7, 11) is 0. The van der Waals surface area contributed by atoms with E-state index in [9.17, 15) is 0 Å². The van der Waals surface area contributed by atoms with E-state index in [1.807, 2.05) is 19.3 Å². The summed E-state index contributed by atoms with van der Waals surface area (Å²) >= 11 is 0. The lowest BCUT2D eigenvalue weighted by molar-refractivity contribution is 0.455. The molecule has 2 heterocycles. The summed E-state index contributed by atoms with van der Waals surface area (Å²) in [5, 5.41) is 0. The summed E-state index contributed by atoms with van der Waals surface area (Å²) in [5.41, 5.74) is 9.51. The number of anilines is 1. The molecule has 6 nitrogen and oxygen atoms in total. The molecule has 0 fully saturated rings. The molecule has 0 bridgehead atoms. The van der Waals surface area contributed by atoms with E-state index >= 15 is 0 Å². The van der Waals surface area contributed by atoms with Crippen LogP contribution in [0, 0.1) is 6.92 Å². The second-order valence-corrected chi connectivity index (χ2v) is 6.58. The van der Waals surface area contributed by atoms with Gasteiger partial charge in [0.05, 0.1) is 6.33 Å². The predicted molar refractivity (Wildman–Crippen MR) is 106 cm³/mol. The Morgan fingerprint density at radius 1 is 1.12 bits per heavy atom. The minimum atomic E-state index is 0.429. The van der Waals surface area contributed by atoms with E-state index in [1.54, 1.807) is 0 Å². The van der Waals surface area contributed by atoms with E-state index in [1.165, 1.54) is 5.56 Å². The van der Waals surface area contributed by atoms with E-state index in [-0.39, 0.29) is 0 Å². The zero-order valence-electron chi connectivity index (χ0n) is 15.9. The Kier molecular flexibility index (Phi) is 6.17. The first-order valence-electron chi connectivity index (χ1n) is 9.46. The van der Waals surface area contributed by atoms with Crippen LogP contribution in [0.4, 0.5) is 5.82 Å². The topological polar surface area (TPSA) is 67.7 Å². The summed E-state index contributed by atoms with van der Waals surface area (Å²) in [6, 6.07) is 10.9. The van der Waals surface area contributed by atoms with Gasteiger partial charge in [0.25, 0.3) is 0 Å². The number of hydrogen-bond acceptors (Lipinski definition) is 5. The monoisotopic (exact) mass is 352 g/mol. The number of imidazole rings is 1. The van der Waals surface area contributed by atoms with E-state index in [2.05, 4.69) is 68.5 Å². The Morgan fingerprint density at radius 3 is 2.65 bits per heavy atom. The number of nitrogens with zero attached hydrogens (tertiary/aromatic N) is 4. The number of benzene rings is 1. The largest absolute Gasteiger partial charge is 0.312 e. The summed E-state index contributed by atoms with van der Waals surface area (Å²) in [6.07, 6.45) is 6.19.